The lowest BCUT2D eigenvalue weighted by molar-refractivity contribution is -0.121. The van der Waals surface area contributed by atoms with Crippen LogP contribution < -0.4 is 11.1 Å². The number of hydrogen-bond donors (Lipinski definition) is 2. The molecule has 0 aromatic carbocycles. The number of nitriles is 1. The fourth-order valence-electron chi connectivity index (χ4n) is 3.48. The molecule has 1 amide bonds. The molecule has 3 rings (SSSR count). The van der Waals surface area contributed by atoms with Crippen molar-refractivity contribution in [3.8, 4) is 6.07 Å². The lowest BCUT2D eigenvalue weighted by atomic mass is 9.81. The van der Waals surface area contributed by atoms with Gasteiger partial charge in [0, 0.05) is 10.8 Å². The molecule has 0 bridgehead atoms. The molecule has 0 aliphatic heterocycles. The van der Waals surface area contributed by atoms with Gasteiger partial charge in [0.2, 0.25) is 5.91 Å². The zero-order valence-electron chi connectivity index (χ0n) is 12.2. The summed E-state index contributed by atoms with van der Waals surface area (Å²) in [5.41, 5.74) is 7.57. The highest BCUT2D eigenvalue weighted by molar-refractivity contribution is 7.16. The third-order valence-electron chi connectivity index (χ3n) is 4.82. The molecule has 21 heavy (non-hydrogen) atoms. The lowest BCUT2D eigenvalue weighted by Gasteiger charge is -2.26. The first-order valence-electron chi connectivity index (χ1n) is 7.78. The minimum Gasteiger partial charge on any atom is -0.330 e. The van der Waals surface area contributed by atoms with Gasteiger partial charge in [-0.05, 0) is 63.0 Å². The maximum atomic E-state index is 12.4. The second-order valence-corrected chi connectivity index (χ2v) is 7.22. The fourth-order valence-corrected chi connectivity index (χ4v) is 4.73. The van der Waals surface area contributed by atoms with E-state index in [0.717, 1.165) is 56.5 Å². The van der Waals surface area contributed by atoms with Crippen molar-refractivity contribution in [2.45, 2.75) is 44.9 Å². The van der Waals surface area contributed by atoms with Crippen LogP contribution in [-0.4, -0.2) is 12.5 Å². The van der Waals surface area contributed by atoms with Gasteiger partial charge in [0.25, 0.3) is 0 Å². The van der Waals surface area contributed by atoms with E-state index in [1.54, 1.807) is 11.3 Å². The zero-order valence-corrected chi connectivity index (χ0v) is 13.0. The highest BCUT2D eigenvalue weighted by Crippen LogP contribution is 2.39. The molecular weight excluding hydrogens is 282 g/mol. The van der Waals surface area contributed by atoms with Crippen LogP contribution in [0.25, 0.3) is 0 Å². The van der Waals surface area contributed by atoms with Crippen LogP contribution in [0.5, 0.6) is 0 Å². The van der Waals surface area contributed by atoms with E-state index in [4.69, 9.17) is 5.73 Å². The first-order valence-corrected chi connectivity index (χ1v) is 8.60. The molecule has 2 aliphatic rings. The Labute approximate surface area is 129 Å². The van der Waals surface area contributed by atoms with Gasteiger partial charge in [-0.15, -0.1) is 11.3 Å². The van der Waals surface area contributed by atoms with Gasteiger partial charge in [-0.2, -0.15) is 5.26 Å². The average molecular weight is 303 g/mol. The maximum absolute atomic E-state index is 12.4. The highest BCUT2D eigenvalue weighted by atomic mass is 32.1. The smallest absolute Gasteiger partial charge is 0.228 e. The number of nitrogens with two attached hydrogens (primary N) is 1. The Morgan fingerprint density at radius 1 is 1.33 bits per heavy atom. The predicted molar refractivity (Wildman–Crippen MR) is 84.2 cm³/mol. The average Bonchev–Trinajstić information content (AvgIpc) is 3.07. The SMILES string of the molecule is N#Cc1c(NC(=O)C2CCC(CN)CC2)sc2c1CCC2. The number of hydrogen-bond acceptors (Lipinski definition) is 4. The largest absolute Gasteiger partial charge is 0.330 e. The molecule has 2 aliphatic carbocycles. The summed E-state index contributed by atoms with van der Waals surface area (Å²) in [6, 6.07) is 2.28. The molecule has 1 saturated carbocycles. The number of nitrogens with one attached hydrogen (secondary N) is 1. The van der Waals surface area contributed by atoms with Crippen molar-refractivity contribution in [2.75, 3.05) is 11.9 Å². The third kappa shape index (κ3) is 2.83. The number of carbonyl (C=O) groups excluding carboxylic acids is 1. The molecule has 0 spiro atoms. The van der Waals surface area contributed by atoms with Crippen molar-refractivity contribution >= 4 is 22.2 Å². The van der Waals surface area contributed by atoms with Crippen molar-refractivity contribution in [2.24, 2.45) is 17.6 Å². The maximum Gasteiger partial charge on any atom is 0.228 e. The van der Waals surface area contributed by atoms with Crippen LogP contribution >= 0.6 is 11.3 Å². The Morgan fingerprint density at radius 3 is 2.76 bits per heavy atom. The molecule has 3 N–H and O–H groups in total. The van der Waals surface area contributed by atoms with Crippen LogP contribution in [0.4, 0.5) is 5.00 Å². The van der Waals surface area contributed by atoms with Gasteiger partial charge >= 0.3 is 0 Å². The zero-order chi connectivity index (χ0) is 14.8. The minimum atomic E-state index is 0.0799. The summed E-state index contributed by atoms with van der Waals surface area (Å²) in [4.78, 5) is 13.7. The Hall–Kier alpha value is -1.38. The first-order chi connectivity index (χ1) is 10.2. The molecular formula is C16H21N3OS. The second-order valence-electron chi connectivity index (χ2n) is 6.12. The van der Waals surface area contributed by atoms with Crippen LogP contribution in [0, 0.1) is 23.2 Å². The van der Waals surface area contributed by atoms with Gasteiger partial charge in [-0.3, -0.25) is 4.79 Å². The summed E-state index contributed by atoms with van der Waals surface area (Å²) >= 11 is 1.60. The number of anilines is 1. The standard InChI is InChI=1S/C16H21N3OS/c17-8-10-4-6-11(7-5-10)15(20)19-16-13(9-18)12-2-1-3-14(12)21-16/h10-11H,1-8,17H2,(H,19,20). The summed E-state index contributed by atoms with van der Waals surface area (Å²) in [6.45, 7) is 0.727. The summed E-state index contributed by atoms with van der Waals surface area (Å²) in [5, 5.41) is 13.1. The van der Waals surface area contributed by atoms with E-state index < -0.39 is 0 Å². The van der Waals surface area contributed by atoms with Crippen LogP contribution in [-0.2, 0) is 17.6 Å². The third-order valence-corrected chi connectivity index (χ3v) is 6.03. The normalized spacial score (nSPS) is 24.4. The molecule has 1 aromatic rings. The van der Waals surface area contributed by atoms with E-state index in [2.05, 4.69) is 11.4 Å². The van der Waals surface area contributed by atoms with Gasteiger partial charge in [-0.1, -0.05) is 0 Å². The van der Waals surface area contributed by atoms with Gasteiger partial charge in [-0.25, -0.2) is 0 Å². The summed E-state index contributed by atoms with van der Waals surface area (Å²) in [7, 11) is 0. The molecule has 1 heterocycles. The van der Waals surface area contributed by atoms with Crippen molar-refractivity contribution < 1.29 is 4.79 Å². The molecule has 4 nitrogen and oxygen atoms in total. The van der Waals surface area contributed by atoms with Crippen LogP contribution in [0.3, 0.4) is 0 Å². The van der Waals surface area contributed by atoms with Crippen molar-refractivity contribution in [3.05, 3.63) is 16.0 Å². The molecule has 0 radical (unpaired) electrons. The van der Waals surface area contributed by atoms with E-state index >= 15 is 0 Å². The van der Waals surface area contributed by atoms with Gasteiger partial charge in [0.05, 0.1) is 5.56 Å². The Bertz CT molecular complexity index is 579. The number of fused-ring (bicyclic) bond motifs is 1. The number of nitrogens with zero attached hydrogens (tertiary/aromatic N) is 1. The Morgan fingerprint density at radius 2 is 2.10 bits per heavy atom. The molecule has 1 fully saturated rings. The summed E-state index contributed by atoms with van der Waals surface area (Å²) in [5.74, 6) is 0.743. The van der Waals surface area contributed by atoms with Crippen LogP contribution in [0.1, 0.15) is 48.1 Å². The van der Waals surface area contributed by atoms with Gasteiger partial charge < -0.3 is 11.1 Å². The number of thiophene rings is 1. The molecule has 112 valence electrons. The number of rotatable bonds is 3. The Kier molecular flexibility index (Phi) is 4.27. The fraction of sp³-hybridized carbons (Fsp3) is 0.625. The first kappa shape index (κ1) is 14.6. The van der Waals surface area contributed by atoms with Crippen molar-refractivity contribution in [1.82, 2.24) is 0 Å². The minimum absolute atomic E-state index is 0.0799. The molecule has 0 atom stereocenters. The summed E-state index contributed by atoms with van der Waals surface area (Å²) < 4.78 is 0. The number of aryl methyl sites for hydroxylation is 1. The van der Waals surface area contributed by atoms with E-state index in [0.29, 0.717) is 11.5 Å². The predicted octanol–water partition coefficient (Wildman–Crippen LogP) is 2.81. The topological polar surface area (TPSA) is 78.9 Å². The quantitative estimate of drug-likeness (QED) is 0.901. The molecule has 0 saturated heterocycles. The second kappa shape index (κ2) is 6.17. The monoisotopic (exact) mass is 303 g/mol. The van der Waals surface area contributed by atoms with E-state index in [9.17, 15) is 10.1 Å². The van der Waals surface area contributed by atoms with Crippen LogP contribution in [0.2, 0.25) is 0 Å². The van der Waals surface area contributed by atoms with Gasteiger partial charge in [0.1, 0.15) is 11.1 Å². The van der Waals surface area contributed by atoms with Crippen molar-refractivity contribution in [3.63, 3.8) is 0 Å². The van der Waals surface area contributed by atoms with Gasteiger partial charge in [0.15, 0.2) is 0 Å². The van der Waals surface area contributed by atoms with E-state index in [-0.39, 0.29) is 11.8 Å². The Balaban J connectivity index is 1.67. The molecule has 5 heteroatoms. The summed E-state index contributed by atoms with van der Waals surface area (Å²) in [6.07, 6.45) is 7.08. The number of carbonyl (C=O) groups is 1. The molecule has 1 aromatic heterocycles. The highest BCUT2D eigenvalue weighted by Gasteiger charge is 2.28. The molecule has 0 unspecified atom stereocenters. The van der Waals surface area contributed by atoms with Crippen molar-refractivity contribution in [1.29, 1.82) is 5.26 Å². The lowest BCUT2D eigenvalue weighted by Crippen LogP contribution is -2.29. The van der Waals surface area contributed by atoms with Crippen LogP contribution in [0.15, 0.2) is 0 Å². The van der Waals surface area contributed by atoms with E-state index in [1.165, 1.54) is 10.4 Å². The van der Waals surface area contributed by atoms with E-state index in [1.807, 2.05) is 0 Å². The number of amides is 1.